The van der Waals surface area contributed by atoms with E-state index in [9.17, 15) is 4.79 Å². The lowest BCUT2D eigenvalue weighted by Crippen LogP contribution is -2.38. The molecule has 0 N–H and O–H groups in total. The molecule has 5 heteroatoms. The fraction of sp³-hybridized carbons (Fsp3) is 0.810. The maximum atomic E-state index is 12.9. The van der Waals surface area contributed by atoms with Crippen molar-refractivity contribution in [2.45, 2.75) is 78.7 Å². The average molecular weight is 380 g/mol. The van der Waals surface area contributed by atoms with E-state index in [1.165, 1.54) is 17.1 Å². The highest BCUT2D eigenvalue weighted by atomic mass is 32.1. The minimum absolute atomic E-state index is 0.124. The van der Waals surface area contributed by atoms with E-state index in [0.29, 0.717) is 5.91 Å². The summed E-state index contributed by atoms with van der Waals surface area (Å²) in [5, 5.41) is 3.41. The van der Waals surface area contributed by atoms with Gasteiger partial charge in [0, 0.05) is 49.4 Å². The Labute approximate surface area is 164 Å². The van der Waals surface area contributed by atoms with Gasteiger partial charge in [-0.1, -0.05) is 47.5 Å². The summed E-state index contributed by atoms with van der Waals surface area (Å²) < 4.78 is 0. The molecule has 0 bridgehead atoms. The second kappa shape index (κ2) is 9.84. The molecule has 0 radical (unpaired) electrons. The standard InChI is InChI=1S/C21H37N3OS/c1-6-8-10-17(7-2)19(25)24-12-9-11-23(13-14-24)15-18-16-26-20(22-18)21(3,4)5/h16-17H,6-15H2,1-5H3. The molecule has 1 atom stereocenters. The molecule has 1 aromatic rings. The van der Waals surface area contributed by atoms with Gasteiger partial charge in [-0.25, -0.2) is 4.98 Å². The first-order valence-corrected chi connectivity index (χ1v) is 11.2. The van der Waals surface area contributed by atoms with Crippen LogP contribution < -0.4 is 0 Å². The maximum absolute atomic E-state index is 12.9. The molecule has 4 nitrogen and oxygen atoms in total. The SMILES string of the molecule is CCCCC(CC)C(=O)N1CCCN(Cc2csc(C(C)(C)C)n2)CC1. The van der Waals surface area contributed by atoms with Crippen molar-refractivity contribution >= 4 is 17.2 Å². The zero-order valence-corrected chi connectivity index (χ0v) is 18.2. The molecule has 2 rings (SSSR count). The second-order valence-electron chi connectivity index (χ2n) is 8.60. The topological polar surface area (TPSA) is 36.4 Å². The van der Waals surface area contributed by atoms with Gasteiger partial charge in [0.2, 0.25) is 5.91 Å². The Hall–Kier alpha value is -0.940. The number of rotatable bonds is 7. The second-order valence-corrected chi connectivity index (χ2v) is 9.45. The van der Waals surface area contributed by atoms with Crippen molar-refractivity contribution in [1.82, 2.24) is 14.8 Å². The van der Waals surface area contributed by atoms with Crippen LogP contribution in [0.1, 0.15) is 77.4 Å². The van der Waals surface area contributed by atoms with E-state index in [0.717, 1.165) is 58.4 Å². The van der Waals surface area contributed by atoms with Crippen LogP contribution in [-0.4, -0.2) is 46.9 Å². The normalized spacial score (nSPS) is 18.0. The van der Waals surface area contributed by atoms with Gasteiger partial charge in [0.25, 0.3) is 0 Å². The quantitative estimate of drug-likeness (QED) is 0.689. The molecule has 1 saturated heterocycles. The van der Waals surface area contributed by atoms with Gasteiger partial charge in [-0.2, -0.15) is 0 Å². The van der Waals surface area contributed by atoms with E-state index in [2.05, 4.69) is 49.8 Å². The summed E-state index contributed by atoms with van der Waals surface area (Å²) in [6, 6.07) is 0. The summed E-state index contributed by atoms with van der Waals surface area (Å²) in [6.07, 6.45) is 5.39. The van der Waals surface area contributed by atoms with Crippen molar-refractivity contribution in [3.8, 4) is 0 Å². The molecule has 0 spiro atoms. The predicted octanol–water partition coefficient (Wildman–Crippen LogP) is 4.69. The Morgan fingerprint density at radius 2 is 2.00 bits per heavy atom. The molecule has 1 amide bonds. The van der Waals surface area contributed by atoms with E-state index in [1.54, 1.807) is 11.3 Å². The summed E-state index contributed by atoms with van der Waals surface area (Å²) in [5.41, 5.74) is 1.30. The van der Waals surface area contributed by atoms with Gasteiger partial charge >= 0.3 is 0 Å². The number of thiazole rings is 1. The lowest BCUT2D eigenvalue weighted by Gasteiger charge is -2.26. The van der Waals surface area contributed by atoms with Crippen molar-refractivity contribution in [3.63, 3.8) is 0 Å². The molecular weight excluding hydrogens is 342 g/mol. The average Bonchev–Trinajstić information content (AvgIpc) is 2.94. The number of carbonyl (C=O) groups is 1. The Morgan fingerprint density at radius 1 is 1.23 bits per heavy atom. The van der Waals surface area contributed by atoms with Crippen LogP contribution in [0.5, 0.6) is 0 Å². The number of aromatic nitrogens is 1. The summed E-state index contributed by atoms with van der Waals surface area (Å²) in [4.78, 5) is 22.3. The Kier molecular flexibility index (Phi) is 8.08. The first kappa shape index (κ1) is 21.4. The van der Waals surface area contributed by atoms with Gasteiger partial charge < -0.3 is 4.90 Å². The maximum Gasteiger partial charge on any atom is 0.225 e. The molecule has 26 heavy (non-hydrogen) atoms. The Balaban J connectivity index is 1.89. The van der Waals surface area contributed by atoms with Gasteiger partial charge in [-0.15, -0.1) is 11.3 Å². The zero-order chi connectivity index (χ0) is 19.2. The van der Waals surface area contributed by atoms with Crippen molar-refractivity contribution < 1.29 is 4.79 Å². The minimum atomic E-state index is 0.124. The first-order chi connectivity index (χ1) is 12.3. The van der Waals surface area contributed by atoms with Crippen molar-refractivity contribution in [1.29, 1.82) is 0 Å². The van der Waals surface area contributed by atoms with Crippen LogP contribution in [0.25, 0.3) is 0 Å². The fourth-order valence-corrected chi connectivity index (χ4v) is 4.41. The van der Waals surface area contributed by atoms with Crippen LogP contribution in [0, 0.1) is 5.92 Å². The van der Waals surface area contributed by atoms with E-state index in [1.807, 2.05) is 0 Å². The van der Waals surface area contributed by atoms with E-state index >= 15 is 0 Å². The van der Waals surface area contributed by atoms with Gasteiger partial charge in [-0.05, 0) is 19.3 Å². The van der Waals surface area contributed by atoms with Crippen LogP contribution in [0.3, 0.4) is 0 Å². The van der Waals surface area contributed by atoms with Gasteiger partial charge in [-0.3, -0.25) is 9.69 Å². The summed E-state index contributed by atoms with van der Waals surface area (Å²) >= 11 is 1.77. The molecular formula is C21H37N3OS. The van der Waals surface area contributed by atoms with Gasteiger partial charge in [0.05, 0.1) is 10.7 Å². The number of hydrogen-bond donors (Lipinski definition) is 0. The van der Waals surface area contributed by atoms with Crippen molar-refractivity contribution in [2.75, 3.05) is 26.2 Å². The highest BCUT2D eigenvalue weighted by Crippen LogP contribution is 2.26. The highest BCUT2D eigenvalue weighted by Gasteiger charge is 2.25. The molecule has 1 unspecified atom stereocenters. The molecule has 2 heterocycles. The van der Waals surface area contributed by atoms with Crippen LogP contribution in [0.2, 0.25) is 0 Å². The molecule has 0 aliphatic carbocycles. The molecule has 0 saturated carbocycles. The number of unbranched alkanes of at least 4 members (excludes halogenated alkanes) is 1. The van der Waals surface area contributed by atoms with E-state index in [-0.39, 0.29) is 11.3 Å². The van der Waals surface area contributed by atoms with Crippen LogP contribution >= 0.6 is 11.3 Å². The van der Waals surface area contributed by atoms with Crippen LogP contribution in [-0.2, 0) is 16.8 Å². The number of carbonyl (C=O) groups excluding carboxylic acids is 1. The largest absolute Gasteiger partial charge is 0.341 e. The lowest BCUT2D eigenvalue weighted by atomic mass is 9.97. The zero-order valence-electron chi connectivity index (χ0n) is 17.4. The number of nitrogens with zero attached hydrogens (tertiary/aromatic N) is 3. The van der Waals surface area contributed by atoms with E-state index < -0.39 is 0 Å². The number of amides is 1. The van der Waals surface area contributed by atoms with Crippen molar-refractivity contribution in [3.05, 3.63) is 16.1 Å². The molecule has 1 fully saturated rings. The van der Waals surface area contributed by atoms with Crippen LogP contribution in [0.4, 0.5) is 0 Å². The minimum Gasteiger partial charge on any atom is -0.341 e. The van der Waals surface area contributed by atoms with Gasteiger partial charge in [0.15, 0.2) is 0 Å². The predicted molar refractivity (Wildman–Crippen MR) is 111 cm³/mol. The monoisotopic (exact) mass is 379 g/mol. The first-order valence-electron chi connectivity index (χ1n) is 10.3. The Bertz CT molecular complexity index is 564. The summed E-state index contributed by atoms with van der Waals surface area (Å²) in [7, 11) is 0. The van der Waals surface area contributed by atoms with Crippen molar-refractivity contribution in [2.24, 2.45) is 5.92 Å². The third-order valence-corrected chi connectivity index (χ3v) is 6.54. The molecule has 0 aromatic carbocycles. The number of hydrogen-bond acceptors (Lipinski definition) is 4. The molecule has 1 aromatic heterocycles. The summed E-state index contributed by atoms with van der Waals surface area (Å²) in [5.74, 6) is 0.598. The van der Waals surface area contributed by atoms with Gasteiger partial charge in [0.1, 0.15) is 0 Å². The molecule has 1 aliphatic heterocycles. The highest BCUT2D eigenvalue weighted by molar-refractivity contribution is 7.09. The third-order valence-electron chi connectivity index (χ3n) is 5.23. The summed E-state index contributed by atoms with van der Waals surface area (Å²) in [6.45, 7) is 15.7. The fourth-order valence-electron chi connectivity index (χ4n) is 3.51. The molecule has 1 aliphatic rings. The molecule has 148 valence electrons. The lowest BCUT2D eigenvalue weighted by molar-refractivity contribution is -0.135. The third kappa shape index (κ3) is 6.05. The van der Waals surface area contributed by atoms with E-state index in [4.69, 9.17) is 4.98 Å². The van der Waals surface area contributed by atoms with Crippen LogP contribution in [0.15, 0.2) is 5.38 Å². The smallest absolute Gasteiger partial charge is 0.225 e. The Morgan fingerprint density at radius 3 is 2.62 bits per heavy atom.